The van der Waals surface area contributed by atoms with Gasteiger partial charge in [-0.3, -0.25) is 0 Å². The number of hydrogen-bond donors (Lipinski definition) is 1. The maximum atomic E-state index is 3.77. The Balaban J connectivity index is 2.70. The van der Waals surface area contributed by atoms with Crippen molar-refractivity contribution in [2.24, 2.45) is 0 Å². The maximum Gasteiger partial charge on any atom is 0.377 e. The van der Waals surface area contributed by atoms with E-state index in [1.807, 2.05) is 5.98 Å². The summed E-state index contributed by atoms with van der Waals surface area (Å²) < 4.78 is 4.11. The van der Waals surface area contributed by atoms with E-state index in [4.69, 9.17) is 0 Å². The molecule has 0 aromatic carbocycles. The van der Waals surface area contributed by atoms with Crippen LogP contribution in [0.5, 0.6) is 0 Å². The quantitative estimate of drug-likeness (QED) is 0.545. The molecule has 1 saturated heterocycles. The standard InChI is InChI=1S/C6H12B3N3/c1-4-9-11(5-2)7-10-8-12(9)6-3/h4-8,10H,1-3H2. The van der Waals surface area contributed by atoms with Gasteiger partial charge in [0.05, 0.1) is 0 Å². The second-order valence-corrected chi connectivity index (χ2v) is 2.61. The highest BCUT2D eigenvalue weighted by atomic mass is 15.2. The van der Waals surface area contributed by atoms with Crippen molar-refractivity contribution in [3.63, 3.8) is 0 Å². The van der Waals surface area contributed by atoms with Crippen molar-refractivity contribution in [2.75, 3.05) is 0 Å². The summed E-state index contributed by atoms with van der Waals surface area (Å²) in [5.74, 6) is 1.88. The Hall–Kier alpha value is -1.03. The summed E-state index contributed by atoms with van der Waals surface area (Å²) in [6.45, 7) is 11.4. The first-order valence-electron chi connectivity index (χ1n) is 3.93. The van der Waals surface area contributed by atoms with E-state index in [0.717, 1.165) is 15.1 Å². The van der Waals surface area contributed by atoms with Crippen LogP contribution in [-0.2, 0) is 0 Å². The van der Waals surface area contributed by atoms with Crippen LogP contribution in [-0.4, -0.2) is 31.5 Å². The fourth-order valence-corrected chi connectivity index (χ4v) is 1.30. The molecule has 0 radical (unpaired) electrons. The van der Waals surface area contributed by atoms with Crippen LogP contribution < -0.4 is 5.14 Å². The topological polar surface area (TPSA) is 18.5 Å². The van der Waals surface area contributed by atoms with Crippen molar-refractivity contribution in [1.29, 1.82) is 0 Å². The molecule has 1 fully saturated rings. The van der Waals surface area contributed by atoms with Crippen LogP contribution in [0.4, 0.5) is 0 Å². The summed E-state index contributed by atoms with van der Waals surface area (Å²) in [5, 5.41) is 3.21. The van der Waals surface area contributed by atoms with Gasteiger partial charge >= 0.3 is 6.98 Å². The predicted octanol–water partition coefficient (Wildman–Crippen LogP) is -0.773. The first-order valence-corrected chi connectivity index (χ1v) is 3.93. The molecule has 60 valence electrons. The van der Waals surface area contributed by atoms with Gasteiger partial charge < -0.3 is 14.6 Å². The zero-order chi connectivity index (χ0) is 8.97. The Morgan fingerprint density at radius 3 is 1.92 bits per heavy atom. The minimum atomic E-state index is 0.182. The van der Waals surface area contributed by atoms with Gasteiger partial charge in [-0.1, -0.05) is 19.1 Å². The Labute approximate surface area is 75.5 Å². The summed E-state index contributed by atoms with van der Waals surface area (Å²) >= 11 is 0. The van der Waals surface area contributed by atoms with Gasteiger partial charge in [-0.05, 0) is 12.4 Å². The van der Waals surface area contributed by atoms with Crippen LogP contribution in [0.25, 0.3) is 0 Å². The highest BCUT2D eigenvalue weighted by Gasteiger charge is 2.28. The molecule has 0 aromatic heterocycles. The molecule has 0 aliphatic carbocycles. The highest BCUT2D eigenvalue weighted by Crippen LogP contribution is 2.03. The lowest BCUT2D eigenvalue weighted by molar-refractivity contribution is 0.745. The molecule has 6 heteroatoms. The van der Waals surface area contributed by atoms with Crippen LogP contribution in [0, 0.1) is 0 Å². The molecular weight excluding hydrogens is 147 g/mol. The molecule has 1 N–H and O–H groups in total. The minimum absolute atomic E-state index is 0.182. The third-order valence-electron chi connectivity index (χ3n) is 1.95. The Morgan fingerprint density at radius 1 is 1.08 bits per heavy atom. The molecule has 0 bridgehead atoms. The summed E-state index contributed by atoms with van der Waals surface area (Å²) in [7, 11) is 1.62. The average molecular weight is 159 g/mol. The largest absolute Gasteiger partial charge is 0.436 e. The molecule has 12 heavy (non-hydrogen) atoms. The zero-order valence-corrected chi connectivity index (χ0v) is 7.24. The van der Waals surface area contributed by atoms with Gasteiger partial charge in [0.25, 0.3) is 15.1 Å². The van der Waals surface area contributed by atoms with Gasteiger partial charge in [-0.25, -0.2) is 0 Å². The van der Waals surface area contributed by atoms with Gasteiger partial charge in [0, 0.05) is 0 Å². The Bertz CT molecular complexity index is 180. The Morgan fingerprint density at radius 2 is 1.58 bits per heavy atom. The van der Waals surface area contributed by atoms with Crippen molar-refractivity contribution < 1.29 is 0 Å². The second kappa shape index (κ2) is 4.11. The zero-order valence-electron chi connectivity index (χ0n) is 7.24. The van der Waals surface area contributed by atoms with E-state index >= 15 is 0 Å². The van der Waals surface area contributed by atoms with Crippen LogP contribution in [0.2, 0.25) is 0 Å². The van der Waals surface area contributed by atoms with Crippen molar-refractivity contribution in [2.45, 2.75) is 0 Å². The molecule has 1 aliphatic rings. The molecule has 0 atom stereocenters. The van der Waals surface area contributed by atoms with E-state index < -0.39 is 0 Å². The SMILES string of the molecule is C=CB1N(C=C)BNBN1C=C. The normalized spacial score (nSPS) is 16.2. The van der Waals surface area contributed by atoms with Crippen molar-refractivity contribution in [3.8, 4) is 0 Å². The summed E-state index contributed by atoms with van der Waals surface area (Å²) in [6.07, 6.45) is 3.60. The lowest BCUT2D eigenvalue weighted by Crippen LogP contribution is -2.62. The first-order chi connectivity index (χ1) is 5.83. The fourth-order valence-electron chi connectivity index (χ4n) is 1.30. The lowest BCUT2D eigenvalue weighted by atomic mass is 9.60. The molecule has 0 aromatic rings. The first kappa shape index (κ1) is 9.07. The van der Waals surface area contributed by atoms with E-state index in [9.17, 15) is 0 Å². The van der Waals surface area contributed by atoms with E-state index in [-0.39, 0.29) is 6.98 Å². The molecule has 1 rings (SSSR count). The number of nitrogens with one attached hydrogen (secondary N) is 1. The van der Waals surface area contributed by atoms with Crippen LogP contribution in [0.15, 0.2) is 38.1 Å². The third kappa shape index (κ3) is 1.59. The summed E-state index contributed by atoms with van der Waals surface area (Å²) in [6, 6.07) is 0. The van der Waals surface area contributed by atoms with E-state index in [2.05, 4.69) is 34.3 Å². The molecule has 1 heterocycles. The molecular formula is C6H12B3N3. The molecule has 0 saturated carbocycles. The minimum Gasteiger partial charge on any atom is -0.436 e. The van der Waals surface area contributed by atoms with Crippen molar-refractivity contribution in [1.82, 2.24) is 14.6 Å². The number of rotatable bonds is 3. The van der Waals surface area contributed by atoms with Gasteiger partial charge in [0.15, 0.2) is 0 Å². The second-order valence-electron chi connectivity index (χ2n) is 2.61. The van der Waals surface area contributed by atoms with Gasteiger partial charge in [-0.15, -0.1) is 6.58 Å². The molecule has 0 spiro atoms. The molecule has 3 nitrogen and oxygen atoms in total. The van der Waals surface area contributed by atoms with Crippen molar-refractivity contribution in [3.05, 3.63) is 38.1 Å². The lowest BCUT2D eigenvalue weighted by Gasteiger charge is -2.38. The molecule has 0 amide bonds. The van der Waals surface area contributed by atoms with E-state index in [1.165, 1.54) is 0 Å². The number of hydrogen-bond acceptors (Lipinski definition) is 3. The predicted molar refractivity (Wildman–Crippen MR) is 57.5 cm³/mol. The summed E-state index contributed by atoms with van der Waals surface area (Å²) in [4.78, 5) is 0. The third-order valence-corrected chi connectivity index (χ3v) is 1.95. The maximum absolute atomic E-state index is 3.77. The van der Waals surface area contributed by atoms with Crippen molar-refractivity contribution >= 4 is 22.1 Å². The summed E-state index contributed by atoms with van der Waals surface area (Å²) in [5.41, 5.74) is 0. The highest BCUT2D eigenvalue weighted by molar-refractivity contribution is 6.77. The smallest absolute Gasteiger partial charge is 0.377 e. The van der Waals surface area contributed by atoms with Gasteiger partial charge in [0.2, 0.25) is 0 Å². The van der Waals surface area contributed by atoms with Crippen LogP contribution >= 0.6 is 0 Å². The van der Waals surface area contributed by atoms with Crippen LogP contribution in [0.3, 0.4) is 0 Å². The van der Waals surface area contributed by atoms with Crippen LogP contribution in [0.1, 0.15) is 0 Å². The van der Waals surface area contributed by atoms with Gasteiger partial charge in [-0.2, -0.15) is 0 Å². The van der Waals surface area contributed by atoms with Gasteiger partial charge in [0.1, 0.15) is 0 Å². The fraction of sp³-hybridized carbons (Fsp3) is 0. The Kier molecular flexibility index (Phi) is 3.11. The average Bonchev–Trinajstić information content (AvgIpc) is 2.16. The molecule has 1 aliphatic heterocycles. The monoisotopic (exact) mass is 159 g/mol. The van der Waals surface area contributed by atoms with E-state index in [0.29, 0.717) is 0 Å². The molecule has 0 unspecified atom stereocenters. The number of nitrogens with zero attached hydrogens (tertiary/aromatic N) is 2. The van der Waals surface area contributed by atoms with E-state index in [1.54, 1.807) is 12.4 Å².